The van der Waals surface area contributed by atoms with E-state index in [1.165, 1.54) is 6.07 Å². The second-order valence-electron chi connectivity index (χ2n) is 4.97. The molecule has 2 N–H and O–H groups in total. The maximum atomic E-state index is 13.3. The molecule has 0 amide bonds. The zero-order chi connectivity index (χ0) is 16.1. The van der Waals surface area contributed by atoms with Gasteiger partial charge in [-0.05, 0) is 38.0 Å². The van der Waals surface area contributed by atoms with Gasteiger partial charge >= 0.3 is 0 Å². The van der Waals surface area contributed by atoms with Gasteiger partial charge in [-0.1, -0.05) is 25.7 Å². The van der Waals surface area contributed by atoms with Gasteiger partial charge in [0.1, 0.15) is 12.4 Å². The topological polar surface area (TPSA) is 66.4 Å². The van der Waals surface area contributed by atoms with Gasteiger partial charge < -0.3 is 5.11 Å². The molecular weight excluding hydrogens is 293 g/mol. The molecule has 116 valence electrons. The molecule has 0 aliphatic heterocycles. The molecule has 0 radical (unpaired) electrons. The highest BCUT2D eigenvalue weighted by molar-refractivity contribution is 7.89. The van der Waals surface area contributed by atoms with E-state index in [1.54, 1.807) is 0 Å². The fourth-order valence-corrected chi connectivity index (χ4v) is 3.44. The second kappa shape index (κ2) is 7.03. The third-order valence-corrected chi connectivity index (χ3v) is 5.17. The van der Waals surface area contributed by atoms with Gasteiger partial charge in [-0.2, -0.15) is 0 Å². The first-order valence-electron chi connectivity index (χ1n) is 6.71. The molecule has 1 aromatic carbocycles. The maximum Gasteiger partial charge on any atom is 0.242 e. The van der Waals surface area contributed by atoms with Gasteiger partial charge in [-0.3, -0.25) is 0 Å². The Labute approximate surface area is 125 Å². The number of hydrogen-bond acceptors (Lipinski definition) is 3. The molecule has 0 atom stereocenters. The number of halogens is 1. The van der Waals surface area contributed by atoms with Crippen molar-refractivity contribution in [1.82, 2.24) is 4.72 Å². The molecule has 6 heteroatoms. The molecule has 0 saturated carbocycles. The molecule has 1 aromatic rings. The lowest BCUT2D eigenvalue weighted by molar-refractivity contribution is 0.350. The van der Waals surface area contributed by atoms with Crippen LogP contribution >= 0.6 is 0 Å². The molecule has 0 saturated heterocycles. The summed E-state index contributed by atoms with van der Waals surface area (Å²) in [6.07, 6.45) is 1.25. The minimum Gasteiger partial charge on any atom is -0.384 e. The van der Waals surface area contributed by atoms with Crippen LogP contribution < -0.4 is 4.72 Å². The Hall–Kier alpha value is -1.42. The zero-order valence-corrected chi connectivity index (χ0v) is 13.2. The van der Waals surface area contributed by atoms with E-state index in [-0.39, 0.29) is 10.5 Å². The van der Waals surface area contributed by atoms with Crippen molar-refractivity contribution in [3.05, 3.63) is 29.6 Å². The van der Waals surface area contributed by atoms with Crippen molar-refractivity contribution in [2.75, 3.05) is 6.61 Å². The molecule has 0 heterocycles. The lowest BCUT2D eigenvalue weighted by Crippen LogP contribution is -2.45. The van der Waals surface area contributed by atoms with Crippen molar-refractivity contribution in [2.24, 2.45) is 0 Å². The summed E-state index contributed by atoms with van der Waals surface area (Å²) in [5.41, 5.74) is -0.541. The van der Waals surface area contributed by atoms with E-state index in [0.717, 1.165) is 12.1 Å². The minimum atomic E-state index is -3.82. The highest BCUT2D eigenvalue weighted by atomic mass is 32.2. The average molecular weight is 313 g/mol. The highest BCUT2D eigenvalue weighted by Gasteiger charge is 2.28. The molecular formula is C15H20FNO3S. The van der Waals surface area contributed by atoms with Crippen LogP contribution in [0.5, 0.6) is 0 Å². The molecule has 1 rings (SSSR count). The summed E-state index contributed by atoms with van der Waals surface area (Å²) in [4.78, 5) is -0.0852. The summed E-state index contributed by atoms with van der Waals surface area (Å²) < 4.78 is 40.9. The second-order valence-corrected chi connectivity index (χ2v) is 6.62. The normalized spacial score (nSPS) is 11.9. The van der Waals surface area contributed by atoms with E-state index in [9.17, 15) is 12.8 Å². The smallest absolute Gasteiger partial charge is 0.242 e. The SMILES string of the molecule is CCC(C)(CC)NS(=O)(=O)c1ccc(F)cc1C#CCO. The van der Waals surface area contributed by atoms with Crippen molar-refractivity contribution < 1.29 is 17.9 Å². The van der Waals surface area contributed by atoms with Gasteiger partial charge in [0.2, 0.25) is 10.0 Å². The number of hydrogen-bond donors (Lipinski definition) is 2. The van der Waals surface area contributed by atoms with E-state index in [4.69, 9.17) is 5.11 Å². The Morgan fingerprint density at radius 3 is 2.48 bits per heavy atom. The van der Waals surface area contributed by atoms with Gasteiger partial charge in [0.15, 0.2) is 0 Å². The number of aliphatic hydroxyl groups excluding tert-OH is 1. The molecule has 0 bridgehead atoms. The van der Waals surface area contributed by atoms with Crippen molar-refractivity contribution in [1.29, 1.82) is 0 Å². The quantitative estimate of drug-likeness (QED) is 0.817. The third kappa shape index (κ3) is 4.53. The molecule has 21 heavy (non-hydrogen) atoms. The monoisotopic (exact) mass is 313 g/mol. The van der Waals surface area contributed by atoms with Crippen LogP contribution in [0.3, 0.4) is 0 Å². The third-order valence-electron chi connectivity index (χ3n) is 3.47. The summed E-state index contributed by atoms with van der Waals surface area (Å²) >= 11 is 0. The predicted octanol–water partition coefficient (Wildman–Crippen LogP) is 2.03. The first-order chi connectivity index (χ1) is 9.78. The Morgan fingerprint density at radius 1 is 1.33 bits per heavy atom. The van der Waals surface area contributed by atoms with Crippen molar-refractivity contribution in [3.63, 3.8) is 0 Å². The highest BCUT2D eigenvalue weighted by Crippen LogP contribution is 2.21. The van der Waals surface area contributed by atoms with Crippen molar-refractivity contribution >= 4 is 10.0 Å². The molecule has 0 unspecified atom stereocenters. The van der Waals surface area contributed by atoms with Gasteiger partial charge in [0, 0.05) is 11.1 Å². The molecule has 0 aliphatic rings. The summed E-state index contributed by atoms with van der Waals surface area (Å²) in [6, 6.07) is 3.31. The summed E-state index contributed by atoms with van der Waals surface area (Å²) in [6.45, 7) is 5.17. The van der Waals surface area contributed by atoms with Crippen LogP contribution in [0.4, 0.5) is 4.39 Å². The summed E-state index contributed by atoms with van der Waals surface area (Å²) in [5, 5.41) is 8.72. The van der Waals surface area contributed by atoms with Crippen LogP contribution in [0.1, 0.15) is 39.2 Å². The molecule has 0 aromatic heterocycles. The van der Waals surface area contributed by atoms with Crippen LogP contribution in [0.2, 0.25) is 0 Å². The maximum absolute atomic E-state index is 13.3. The Bertz CT molecular complexity index is 655. The fourth-order valence-electron chi connectivity index (χ4n) is 1.74. The predicted molar refractivity (Wildman–Crippen MR) is 79.7 cm³/mol. The Morgan fingerprint density at radius 2 is 1.95 bits per heavy atom. The van der Waals surface area contributed by atoms with Gasteiger partial charge in [-0.25, -0.2) is 17.5 Å². The number of sulfonamides is 1. The van der Waals surface area contributed by atoms with Crippen molar-refractivity contribution in [2.45, 2.75) is 44.0 Å². The number of rotatable bonds is 5. The zero-order valence-electron chi connectivity index (χ0n) is 12.4. The first kappa shape index (κ1) is 17.6. The molecule has 4 nitrogen and oxygen atoms in total. The van der Waals surface area contributed by atoms with Crippen molar-refractivity contribution in [3.8, 4) is 11.8 Å². The van der Waals surface area contributed by atoms with E-state index in [2.05, 4.69) is 16.6 Å². The standard InChI is InChI=1S/C15H20FNO3S/c1-4-15(3,5-2)17-21(19,20)14-9-8-13(16)11-12(14)7-6-10-18/h8-9,11,17-18H,4-5,10H2,1-3H3. The summed E-state index contributed by atoms with van der Waals surface area (Å²) in [5.74, 6) is 4.24. The lowest BCUT2D eigenvalue weighted by Gasteiger charge is -2.28. The number of benzene rings is 1. The molecule has 0 fully saturated rings. The van der Waals surface area contributed by atoms with Crippen LogP contribution in [-0.4, -0.2) is 25.7 Å². The first-order valence-corrected chi connectivity index (χ1v) is 8.19. The van der Waals surface area contributed by atoms with Gasteiger partial charge in [0.05, 0.1) is 4.90 Å². The van der Waals surface area contributed by atoms with Crippen LogP contribution in [0.25, 0.3) is 0 Å². The van der Waals surface area contributed by atoms with Crippen LogP contribution in [-0.2, 0) is 10.0 Å². The van der Waals surface area contributed by atoms with E-state index in [1.807, 2.05) is 20.8 Å². The largest absolute Gasteiger partial charge is 0.384 e. The fraction of sp³-hybridized carbons (Fsp3) is 0.467. The molecule has 0 spiro atoms. The number of nitrogens with one attached hydrogen (secondary N) is 1. The van der Waals surface area contributed by atoms with E-state index in [0.29, 0.717) is 12.8 Å². The Kier molecular flexibility index (Phi) is 5.90. The number of aliphatic hydroxyl groups is 1. The average Bonchev–Trinajstić information content (AvgIpc) is 2.44. The lowest BCUT2D eigenvalue weighted by atomic mass is 9.98. The van der Waals surface area contributed by atoms with E-state index >= 15 is 0 Å². The van der Waals surface area contributed by atoms with Crippen LogP contribution in [0, 0.1) is 17.7 Å². The summed E-state index contributed by atoms with van der Waals surface area (Å²) in [7, 11) is -3.82. The van der Waals surface area contributed by atoms with Gasteiger partial charge in [-0.15, -0.1) is 0 Å². The molecule has 0 aliphatic carbocycles. The van der Waals surface area contributed by atoms with Gasteiger partial charge in [0.25, 0.3) is 0 Å². The van der Waals surface area contributed by atoms with Crippen LogP contribution in [0.15, 0.2) is 23.1 Å². The van der Waals surface area contributed by atoms with E-state index < -0.39 is 28.0 Å². The Balaban J connectivity index is 3.32. The minimum absolute atomic E-state index is 0.0334.